The van der Waals surface area contributed by atoms with Crippen molar-refractivity contribution in [3.05, 3.63) is 35.6 Å². The molecule has 0 spiro atoms. The van der Waals surface area contributed by atoms with E-state index < -0.39 is 0 Å². The Hall–Kier alpha value is -0.980. The fraction of sp³-hybridized carbons (Fsp3) is 0.600. The lowest BCUT2D eigenvalue weighted by molar-refractivity contribution is 0.354. The Morgan fingerprint density at radius 1 is 1.12 bits per heavy atom. The van der Waals surface area contributed by atoms with Crippen LogP contribution >= 0.6 is 0 Å². The first-order chi connectivity index (χ1) is 7.56. The van der Waals surface area contributed by atoms with Gasteiger partial charge in [-0.25, -0.2) is 0 Å². The molecular weight excluding hydrogens is 194 g/mol. The highest BCUT2D eigenvalue weighted by molar-refractivity contribution is 5.32. The molecular formula is C15H27N. The van der Waals surface area contributed by atoms with Crippen LogP contribution in [0.1, 0.15) is 47.5 Å². The Balaban J connectivity index is 4.81. The third kappa shape index (κ3) is 5.20. The van der Waals surface area contributed by atoms with E-state index in [1.807, 2.05) is 0 Å². The van der Waals surface area contributed by atoms with Crippen molar-refractivity contribution in [2.75, 3.05) is 13.1 Å². The second kappa shape index (κ2) is 8.20. The molecule has 0 N–H and O–H groups in total. The maximum absolute atomic E-state index is 3.98. The lowest BCUT2D eigenvalue weighted by Gasteiger charge is -2.25. The van der Waals surface area contributed by atoms with E-state index in [-0.39, 0.29) is 0 Å². The first kappa shape index (κ1) is 15.0. The van der Waals surface area contributed by atoms with Crippen molar-refractivity contribution in [1.29, 1.82) is 0 Å². The van der Waals surface area contributed by atoms with Gasteiger partial charge in [-0.15, -0.1) is 0 Å². The Bertz CT molecular complexity index is 265. The van der Waals surface area contributed by atoms with Gasteiger partial charge in [0.1, 0.15) is 0 Å². The van der Waals surface area contributed by atoms with E-state index in [0.29, 0.717) is 0 Å². The molecule has 0 aliphatic rings. The molecule has 0 aromatic carbocycles. The van der Waals surface area contributed by atoms with Crippen molar-refractivity contribution >= 4 is 0 Å². The predicted octanol–water partition coefficient (Wildman–Crippen LogP) is 4.53. The fourth-order valence-electron chi connectivity index (χ4n) is 1.61. The first-order valence-electron chi connectivity index (χ1n) is 6.32. The summed E-state index contributed by atoms with van der Waals surface area (Å²) >= 11 is 0. The van der Waals surface area contributed by atoms with Gasteiger partial charge in [0.25, 0.3) is 0 Å². The minimum absolute atomic E-state index is 1.13. The molecule has 0 atom stereocenters. The van der Waals surface area contributed by atoms with Crippen molar-refractivity contribution in [1.82, 2.24) is 4.90 Å². The van der Waals surface area contributed by atoms with Gasteiger partial charge in [-0.2, -0.15) is 0 Å². The highest BCUT2D eigenvalue weighted by Crippen LogP contribution is 2.14. The molecule has 1 nitrogen and oxygen atoms in total. The standard InChI is InChI=1S/C15H27N/c1-7-10-16(11-8-2)15(9-3)12-14(6)13(4)5/h9,12H,4,7-8,10-11H2,1-3,5-6H3/b14-12-,15-9+. The third-order valence-electron chi connectivity index (χ3n) is 2.69. The minimum Gasteiger partial charge on any atom is -0.372 e. The lowest BCUT2D eigenvalue weighted by atomic mass is 10.1. The highest BCUT2D eigenvalue weighted by atomic mass is 15.1. The lowest BCUT2D eigenvalue weighted by Crippen LogP contribution is -2.24. The van der Waals surface area contributed by atoms with Gasteiger partial charge in [0.2, 0.25) is 0 Å². The maximum Gasteiger partial charge on any atom is 0.0325 e. The van der Waals surface area contributed by atoms with Crippen molar-refractivity contribution in [2.24, 2.45) is 0 Å². The summed E-state index contributed by atoms with van der Waals surface area (Å²) in [5, 5.41) is 0. The molecule has 0 saturated heterocycles. The van der Waals surface area contributed by atoms with Crippen LogP contribution in [0.3, 0.4) is 0 Å². The van der Waals surface area contributed by atoms with Gasteiger partial charge in [-0.1, -0.05) is 32.1 Å². The van der Waals surface area contributed by atoms with Crippen LogP contribution in [0, 0.1) is 0 Å². The Morgan fingerprint density at radius 3 is 1.94 bits per heavy atom. The van der Waals surface area contributed by atoms with E-state index in [2.05, 4.69) is 58.2 Å². The summed E-state index contributed by atoms with van der Waals surface area (Å²) in [6.07, 6.45) is 6.82. The second-order valence-corrected chi connectivity index (χ2v) is 4.31. The van der Waals surface area contributed by atoms with E-state index in [9.17, 15) is 0 Å². The molecule has 16 heavy (non-hydrogen) atoms. The van der Waals surface area contributed by atoms with E-state index in [4.69, 9.17) is 0 Å². The maximum atomic E-state index is 3.98. The quantitative estimate of drug-likeness (QED) is 0.571. The molecule has 0 radical (unpaired) electrons. The topological polar surface area (TPSA) is 3.24 Å². The van der Waals surface area contributed by atoms with E-state index in [0.717, 1.165) is 18.7 Å². The van der Waals surface area contributed by atoms with Crippen molar-refractivity contribution in [3.63, 3.8) is 0 Å². The summed E-state index contributed by atoms with van der Waals surface area (Å²) in [6, 6.07) is 0. The van der Waals surface area contributed by atoms with E-state index >= 15 is 0 Å². The molecule has 0 aliphatic heterocycles. The van der Waals surface area contributed by atoms with Crippen molar-refractivity contribution < 1.29 is 0 Å². The van der Waals surface area contributed by atoms with Crippen LogP contribution in [0.25, 0.3) is 0 Å². The molecule has 0 amide bonds. The Kier molecular flexibility index (Phi) is 7.70. The average Bonchev–Trinajstić information content (AvgIpc) is 2.25. The van der Waals surface area contributed by atoms with Crippen LogP contribution in [0.4, 0.5) is 0 Å². The van der Waals surface area contributed by atoms with Gasteiger partial charge in [0.05, 0.1) is 0 Å². The van der Waals surface area contributed by atoms with Gasteiger partial charge < -0.3 is 4.90 Å². The zero-order chi connectivity index (χ0) is 12.6. The zero-order valence-corrected chi connectivity index (χ0v) is 11.6. The van der Waals surface area contributed by atoms with Crippen molar-refractivity contribution in [2.45, 2.75) is 47.5 Å². The predicted molar refractivity (Wildman–Crippen MR) is 74.5 cm³/mol. The van der Waals surface area contributed by atoms with Gasteiger partial charge in [0, 0.05) is 18.8 Å². The molecule has 0 aromatic heterocycles. The van der Waals surface area contributed by atoms with Crippen LogP contribution < -0.4 is 0 Å². The molecule has 0 aromatic rings. The molecule has 1 heteroatoms. The summed E-state index contributed by atoms with van der Waals surface area (Å²) in [5.41, 5.74) is 3.74. The van der Waals surface area contributed by atoms with E-state index in [1.165, 1.54) is 24.1 Å². The summed E-state index contributed by atoms with van der Waals surface area (Å²) in [6.45, 7) is 17.0. The molecule has 0 unspecified atom stereocenters. The summed E-state index contributed by atoms with van der Waals surface area (Å²) < 4.78 is 0. The van der Waals surface area contributed by atoms with Crippen molar-refractivity contribution in [3.8, 4) is 0 Å². The van der Waals surface area contributed by atoms with E-state index in [1.54, 1.807) is 0 Å². The molecule has 0 rings (SSSR count). The zero-order valence-electron chi connectivity index (χ0n) is 11.6. The Morgan fingerprint density at radius 2 is 1.62 bits per heavy atom. The van der Waals surface area contributed by atoms with Crippen LogP contribution in [0.5, 0.6) is 0 Å². The molecule has 0 heterocycles. The first-order valence-corrected chi connectivity index (χ1v) is 6.32. The number of rotatable bonds is 7. The molecule has 0 aliphatic carbocycles. The number of hydrogen-bond donors (Lipinski definition) is 0. The smallest absolute Gasteiger partial charge is 0.0325 e. The summed E-state index contributed by atoms with van der Waals surface area (Å²) in [7, 11) is 0. The molecule has 92 valence electrons. The fourth-order valence-corrected chi connectivity index (χ4v) is 1.61. The minimum atomic E-state index is 1.13. The van der Waals surface area contributed by atoms with Crippen LogP contribution in [-0.4, -0.2) is 18.0 Å². The van der Waals surface area contributed by atoms with Crippen LogP contribution in [-0.2, 0) is 0 Å². The SMILES string of the molecule is C=C(C)/C(C)=C\C(=C/C)N(CCC)CCC. The third-order valence-corrected chi connectivity index (χ3v) is 2.69. The second-order valence-electron chi connectivity index (χ2n) is 4.31. The van der Waals surface area contributed by atoms with Crippen LogP contribution in [0.15, 0.2) is 35.6 Å². The Labute approximate surface area is 102 Å². The average molecular weight is 221 g/mol. The summed E-state index contributed by atoms with van der Waals surface area (Å²) in [5.74, 6) is 0. The molecule has 0 fully saturated rings. The van der Waals surface area contributed by atoms with Crippen LogP contribution in [0.2, 0.25) is 0 Å². The number of hydrogen-bond acceptors (Lipinski definition) is 1. The largest absolute Gasteiger partial charge is 0.372 e. The van der Waals surface area contributed by atoms with Gasteiger partial charge in [-0.05, 0) is 45.3 Å². The molecule has 0 bridgehead atoms. The normalized spacial score (nSPS) is 12.8. The monoisotopic (exact) mass is 221 g/mol. The highest BCUT2D eigenvalue weighted by Gasteiger charge is 2.05. The number of nitrogens with zero attached hydrogens (tertiary/aromatic N) is 1. The molecule has 0 saturated carbocycles. The van der Waals surface area contributed by atoms with Gasteiger partial charge >= 0.3 is 0 Å². The summed E-state index contributed by atoms with van der Waals surface area (Å²) in [4.78, 5) is 2.45. The van der Waals surface area contributed by atoms with Gasteiger partial charge in [0.15, 0.2) is 0 Å². The number of allylic oxidation sites excluding steroid dienone is 4. The van der Waals surface area contributed by atoms with Gasteiger partial charge in [-0.3, -0.25) is 0 Å².